The zero-order valence-electron chi connectivity index (χ0n) is 33.0. The maximum atomic E-state index is 14.5. The van der Waals surface area contributed by atoms with Crippen molar-refractivity contribution >= 4 is 28.9 Å². The zero-order valence-corrected chi connectivity index (χ0v) is 33.0. The number of carbonyl (C=O) groups is 3. The second-order valence-electron chi connectivity index (χ2n) is 16.3. The predicted molar refractivity (Wildman–Crippen MR) is 212 cm³/mol. The summed E-state index contributed by atoms with van der Waals surface area (Å²) in [6.45, 7) is 6.40. The molecule has 4 aliphatic rings. The van der Waals surface area contributed by atoms with E-state index in [0.29, 0.717) is 41.3 Å². The van der Waals surface area contributed by atoms with Crippen molar-refractivity contribution in [3.8, 4) is 5.69 Å². The standard InChI is InChI=1S/C42H45F3N10O5/c1-49-25-46-48-38(49)37(57)28-3-2-4-31(18-28)53-24-35-33(42(43,44)45)17-27(22-55(35)41(53)60)21-50-11-9-26(10-12-50)20-51-13-15-52(16-14-51)30-5-6-32-29(19-30)23-54(40(32)59)34-7-8-36(56)47-39(34)58/h2-6,17-19,22,24-26,34,37,57H,7-16,20-21,23H2,1H3,(H,47,56,58)/t34?,37-/m1/s1. The van der Waals surface area contributed by atoms with Gasteiger partial charge in [-0.1, -0.05) is 12.1 Å². The molecule has 2 atom stereocenters. The van der Waals surface area contributed by atoms with Gasteiger partial charge in [0.15, 0.2) is 5.82 Å². The summed E-state index contributed by atoms with van der Waals surface area (Å²) in [7, 11) is 1.68. The number of alkyl halides is 3. The Bertz CT molecular complexity index is 2530. The first-order valence-corrected chi connectivity index (χ1v) is 20.2. The maximum absolute atomic E-state index is 14.5. The van der Waals surface area contributed by atoms with Crippen molar-refractivity contribution in [2.24, 2.45) is 13.0 Å². The Morgan fingerprint density at radius 1 is 0.900 bits per heavy atom. The van der Waals surface area contributed by atoms with Crippen LogP contribution in [0, 0.1) is 5.92 Å². The van der Waals surface area contributed by atoms with Crippen molar-refractivity contribution in [3.05, 3.63) is 111 Å². The highest BCUT2D eigenvalue weighted by Crippen LogP contribution is 2.35. The minimum Gasteiger partial charge on any atom is -0.380 e. The minimum atomic E-state index is -4.70. The van der Waals surface area contributed by atoms with Gasteiger partial charge in [0.25, 0.3) is 5.91 Å². The van der Waals surface area contributed by atoms with E-state index in [-0.39, 0.29) is 36.1 Å². The predicted octanol–water partition coefficient (Wildman–Crippen LogP) is 3.11. The molecule has 18 heteroatoms. The van der Waals surface area contributed by atoms with Gasteiger partial charge in [-0.2, -0.15) is 13.2 Å². The van der Waals surface area contributed by atoms with Crippen LogP contribution in [-0.2, 0) is 35.9 Å². The van der Waals surface area contributed by atoms with Gasteiger partial charge in [-0.3, -0.25) is 38.5 Å². The van der Waals surface area contributed by atoms with Gasteiger partial charge < -0.3 is 19.5 Å². The first kappa shape index (κ1) is 39.6. The van der Waals surface area contributed by atoms with Crippen LogP contribution in [0.2, 0.25) is 0 Å². The normalized spacial score (nSPS) is 20.3. The molecular formula is C42H45F3N10O5. The third-order valence-electron chi connectivity index (χ3n) is 12.5. The van der Waals surface area contributed by atoms with Gasteiger partial charge in [-0.25, -0.2) is 4.79 Å². The molecule has 4 aliphatic heterocycles. The van der Waals surface area contributed by atoms with Crippen LogP contribution in [0.5, 0.6) is 0 Å². The molecule has 0 spiro atoms. The average molecular weight is 827 g/mol. The lowest BCUT2D eigenvalue weighted by Crippen LogP contribution is -2.52. The molecule has 2 N–H and O–H groups in total. The number of imidazole rings is 1. The van der Waals surface area contributed by atoms with Crippen molar-refractivity contribution in [1.82, 2.24) is 43.7 Å². The summed E-state index contributed by atoms with van der Waals surface area (Å²) in [5, 5.41) is 21.0. The number of pyridine rings is 1. The second kappa shape index (κ2) is 15.6. The fourth-order valence-corrected chi connectivity index (χ4v) is 9.17. The smallest absolute Gasteiger partial charge is 0.380 e. The minimum absolute atomic E-state index is 0.184. The Morgan fingerprint density at radius 3 is 2.40 bits per heavy atom. The van der Waals surface area contributed by atoms with E-state index in [1.807, 2.05) is 18.2 Å². The molecule has 60 heavy (non-hydrogen) atoms. The van der Waals surface area contributed by atoms with E-state index in [1.54, 1.807) is 40.8 Å². The first-order chi connectivity index (χ1) is 28.8. The molecule has 0 bridgehead atoms. The number of rotatable bonds is 9. The Balaban J connectivity index is 0.807. The highest BCUT2D eigenvalue weighted by molar-refractivity contribution is 6.05. The van der Waals surface area contributed by atoms with E-state index in [0.717, 1.165) is 80.4 Å². The van der Waals surface area contributed by atoms with Crippen LogP contribution in [0.4, 0.5) is 18.9 Å². The van der Waals surface area contributed by atoms with Crippen LogP contribution in [0.1, 0.15) is 70.2 Å². The number of imide groups is 1. The number of halogens is 3. The molecule has 3 fully saturated rings. The van der Waals surface area contributed by atoms with Gasteiger partial charge >= 0.3 is 11.9 Å². The summed E-state index contributed by atoms with van der Waals surface area (Å²) in [4.78, 5) is 59.4. The number of aromatic nitrogens is 5. The molecule has 314 valence electrons. The number of aliphatic hydroxyl groups is 1. The largest absolute Gasteiger partial charge is 0.418 e. The summed E-state index contributed by atoms with van der Waals surface area (Å²) < 4.78 is 47.3. The third-order valence-corrected chi connectivity index (χ3v) is 12.5. The molecular weight excluding hydrogens is 782 g/mol. The monoisotopic (exact) mass is 826 g/mol. The molecule has 7 heterocycles. The number of anilines is 1. The molecule has 0 saturated carbocycles. The number of aliphatic hydroxyl groups excluding tert-OH is 1. The lowest BCUT2D eigenvalue weighted by Gasteiger charge is -2.39. The van der Waals surface area contributed by atoms with Crippen LogP contribution in [0.15, 0.2) is 72.0 Å². The number of carbonyl (C=O) groups excluding carboxylic acids is 3. The summed E-state index contributed by atoms with van der Waals surface area (Å²) in [5.74, 6) is -0.185. The number of likely N-dealkylation sites (tertiary alicyclic amines) is 1. The average Bonchev–Trinajstić information content (AvgIpc) is 3.92. The van der Waals surface area contributed by atoms with Crippen molar-refractivity contribution in [1.29, 1.82) is 0 Å². The number of hydrogen-bond acceptors (Lipinski definition) is 10. The van der Waals surface area contributed by atoms with Gasteiger partial charge in [-0.05, 0) is 91.4 Å². The SMILES string of the molecule is Cn1cnnc1[C@H](O)c1cccc(-n2cc3c(C(F)(F)F)cc(CN4CCC(CN5CCN(c6ccc7c(c6)CN(C6CCC(=O)NC6=O)C7=O)CC5)CC4)cn3c2=O)c1. The first-order valence-electron chi connectivity index (χ1n) is 20.2. The van der Waals surface area contributed by atoms with Crippen LogP contribution >= 0.6 is 0 Å². The van der Waals surface area contributed by atoms with E-state index >= 15 is 0 Å². The molecule has 9 rings (SSSR count). The molecule has 0 aliphatic carbocycles. The highest BCUT2D eigenvalue weighted by Gasteiger charge is 2.40. The quantitative estimate of drug-likeness (QED) is 0.212. The van der Waals surface area contributed by atoms with Gasteiger partial charge in [0, 0.05) is 82.9 Å². The Labute approximate surface area is 342 Å². The topological polar surface area (TPSA) is 154 Å². The van der Waals surface area contributed by atoms with E-state index in [1.165, 1.54) is 23.3 Å². The lowest BCUT2D eigenvalue weighted by molar-refractivity contribution is -0.137. The number of piperazine rings is 1. The Hall–Kier alpha value is -5.85. The fourth-order valence-electron chi connectivity index (χ4n) is 9.17. The van der Waals surface area contributed by atoms with Crippen molar-refractivity contribution in [3.63, 3.8) is 0 Å². The lowest BCUT2D eigenvalue weighted by atomic mass is 9.95. The number of benzene rings is 2. The van der Waals surface area contributed by atoms with E-state index in [2.05, 4.69) is 30.2 Å². The number of fused-ring (bicyclic) bond motifs is 2. The van der Waals surface area contributed by atoms with Gasteiger partial charge in [-0.15, -0.1) is 10.2 Å². The molecule has 3 saturated heterocycles. The van der Waals surface area contributed by atoms with E-state index in [4.69, 9.17) is 0 Å². The van der Waals surface area contributed by atoms with Crippen LogP contribution in [0.25, 0.3) is 11.2 Å². The number of hydrogen-bond donors (Lipinski definition) is 2. The molecule has 0 radical (unpaired) electrons. The van der Waals surface area contributed by atoms with Crippen molar-refractivity contribution in [2.75, 3.05) is 50.7 Å². The van der Waals surface area contributed by atoms with Gasteiger partial charge in [0.05, 0.1) is 16.8 Å². The summed E-state index contributed by atoms with van der Waals surface area (Å²) in [6, 6.07) is 12.8. The Morgan fingerprint density at radius 2 is 1.68 bits per heavy atom. The number of aryl methyl sites for hydroxylation is 1. The second-order valence-corrected chi connectivity index (χ2v) is 16.3. The van der Waals surface area contributed by atoms with Gasteiger partial charge in [0.2, 0.25) is 11.8 Å². The fraction of sp³-hybridized carbons (Fsp3) is 0.429. The molecule has 15 nitrogen and oxygen atoms in total. The Kier molecular flexibility index (Phi) is 10.3. The van der Waals surface area contributed by atoms with E-state index < -0.39 is 35.5 Å². The molecule has 2 aromatic carbocycles. The van der Waals surface area contributed by atoms with Crippen molar-refractivity contribution < 1.29 is 32.7 Å². The molecule has 1 unspecified atom stereocenters. The number of piperidine rings is 2. The summed E-state index contributed by atoms with van der Waals surface area (Å²) in [5.41, 5.74) is 1.84. The third kappa shape index (κ3) is 7.58. The van der Waals surface area contributed by atoms with Crippen LogP contribution < -0.4 is 15.9 Å². The molecule has 5 aromatic rings. The number of amides is 3. The zero-order chi connectivity index (χ0) is 41.9. The van der Waals surface area contributed by atoms with Gasteiger partial charge in [0.1, 0.15) is 18.5 Å². The van der Waals surface area contributed by atoms with Crippen molar-refractivity contribution in [2.45, 2.75) is 57.1 Å². The summed E-state index contributed by atoms with van der Waals surface area (Å²) >= 11 is 0. The van der Waals surface area contributed by atoms with Crippen LogP contribution in [-0.4, -0.2) is 113 Å². The highest BCUT2D eigenvalue weighted by atomic mass is 19.4. The molecule has 3 amide bonds. The molecule has 3 aromatic heterocycles. The summed E-state index contributed by atoms with van der Waals surface area (Å²) in [6.07, 6.45) is 0.646. The maximum Gasteiger partial charge on any atom is 0.418 e. The number of nitrogens with one attached hydrogen (secondary N) is 1. The van der Waals surface area contributed by atoms with Crippen LogP contribution in [0.3, 0.4) is 0 Å². The van der Waals surface area contributed by atoms with E-state index in [9.17, 15) is 37.5 Å². The number of nitrogens with zero attached hydrogens (tertiary/aromatic N) is 9.